The van der Waals surface area contributed by atoms with Gasteiger partial charge in [-0.3, -0.25) is 14.3 Å². The largest absolute Gasteiger partial charge is 0.508 e. The van der Waals surface area contributed by atoms with Crippen molar-refractivity contribution in [2.75, 3.05) is 33.2 Å². The number of hydrogen-bond donors (Lipinski definition) is 3. The molecule has 10 heteroatoms. The van der Waals surface area contributed by atoms with E-state index in [1.54, 1.807) is 18.2 Å². The van der Waals surface area contributed by atoms with Crippen molar-refractivity contribution in [3.05, 3.63) is 53.1 Å². The molecule has 1 saturated heterocycles. The molecule has 2 aromatic carbocycles. The lowest BCUT2D eigenvalue weighted by molar-refractivity contribution is 0.0938. The standard InChI is InChI=1S/C27H33FN6O3/c1-16(2)20-13-21(24(36)14-23(20)35)25-30-31-26(27(37)29-18-5-6-18)34(25)19-7-4-17(22(28)12-19)15-33-10-8-32(3)9-11-33/h4,7,12-14,16,18,35-36H,5-6,8-11,15H2,1-3H3,(H,29,37). The number of hydrogen-bond acceptors (Lipinski definition) is 7. The zero-order chi connectivity index (χ0) is 26.3. The zero-order valence-corrected chi connectivity index (χ0v) is 21.4. The Morgan fingerprint density at radius 3 is 2.46 bits per heavy atom. The van der Waals surface area contributed by atoms with Crippen LogP contribution in [-0.2, 0) is 6.54 Å². The molecule has 2 heterocycles. The number of nitrogens with zero attached hydrogens (tertiary/aromatic N) is 5. The van der Waals surface area contributed by atoms with Gasteiger partial charge < -0.3 is 20.4 Å². The minimum absolute atomic E-state index is 0.00619. The Balaban J connectivity index is 1.55. The predicted molar refractivity (Wildman–Crippen MR) is 137 cm³/mol. The first-order valence-electron chi connectivity index (χ1n) is 12.7. The molecule has 3 aromatic rings. The molecule has 196 valence electrons. The van der Waals surface area contributed by atoms with Crippen molar-refractivity contribution < 1.29 is 19.4 Å². The predicted octanol–water partition coefficient (Wildman–Crippen LogP) is 3.25. The maximum Gasteiger partial charge on any atom is 0.289 e. The number of piperazine rings is 1. The van der Waals surface area contributed by atoms with Crippen LogP contribution in [0, 0.1) is 5.82 Å². The van der Waals surface area contributed by atoms with E-state index in [2.05, 4.69) is 32.4 Å². The van der Waals surface area contributed by atoms with Crippen molar-refractivity contribution in [1.29, 1.82) is 0 Å². The van der Waals surface area contributed by atoms with E-state index in [0.717, 1.165) is 39.0 Å². The summed E-state index contributed by atoms with van der Waals surface area (Å²) in [4.78, 5) is 17.5. The van der Waals surface area contributed by atoms with Gasteiger partial charge >= 0.3 is 0 Å². The Kier molecular flexibility index (Phi) is 6.87. The normalized spacial score (nSPS) is 16.9. The summed E-state index contributed by atoms with van der Waals surface area (Å²) in [5.41, 5.74) is 1.85. The Labute approximate surface area is 215 Å². The van der Waals surface area contributed by atoms with Crippen LogP contribution in [0.4, 0.5) is 4.39 Å². The first-order valence-corrected chi connectivity index (χ1v) is 12.7. The fourth-order valence-electron chi connectivity index (χ4n) is 4.61. The summed E-state index contributed by atoms with van der Waals surface area (Å²) in [5, 5.41) is 32.3. The van der Waals surface area contributed by atoms with Crippen molar-refractivity contribution in [3.63, 3.8) is 0 Å². The highest BCUT2D eigenvalue weighted by Gasteiger charge is 2.29. The van der Waals surface area contributed by atoms with E-state index in [1.165, 1.54) is 16.7 Å². The van der Waals surface area contributed by atoms with E-state index in [0.29, 0.717) is 28.9 Å². The maximum absolute atomic E-state index is 15.4. The minimum Gasteiger partial charge on any atom is -0.508 e. The van der Waals surface area contributed by atoms with Crippen molar-refractivity contribution in [2.45, 2.75) is 45.2 Å². The summed E-state index contributed by atoms with van der Waals surface area (Å²) in [5.74, 6) is -0.879. The summed E-state index contributed by atoms with van der Waals surface area (Å²) < 4.78 is 16.9. The van der Waals surface area contributed by atoms with E-state index in [1.807, 2.05) is 13.8 Å². The number of likely N-dealkylation sites (N-methyl/N-ethyl adjacent to an activating group) is 1. The molecule has 1 saturated carbocycles. The van der Waals surface area contributed by atoms with Crippen LogP contribution in [0.1, 0.15) is 54.4 Å². The van der Waals surface area contributed by atoms with Crippen molar-refractivity contribution >= 4 is 5.91 Å². The van der Waals surface area contributed by atoms with Gasteiger partial charge in [-0.05, 0) is 49.6 Å². The molecule has 0 bridgehead atoms. The minimum atomic E-state index is -0.412. The number of benzene rings is 2. The molecule has 1 aromatic heterocycles. The van der Waals surface area contributed by atoms with Gasteiger partial charge in [-0.25, -0.2) is 4.39 Å². The molecule has 37 heavy (non-hydrogen) atoms. The third-order valence-corrected chi connectivity index (χ3v) is 7.07. The van der Waals surface area contributed by atoms with Gasteiger partial charge in [0.25, 0.3) is 5.91 Å². The van der Waals surface area contributed by atoms with Crippen molar-refractivity contribution in [1.82, 2.24) is 29.9 Å². The number of rotatable bonds is 7. The van der Waals surface area contributed by atoms with Crippen LogP contribution in [0.3, 0.4) is 0 Å². The molecular formula is C27H33FN6O3. The topological polar surface area (TPSA) is 107 Å². The van der Waals surface area contributed by atoms with Gasteiger partial charge in [0.15, 0.2) is 5.82 Å². The first-order chi connectivity index (χ1) is 17.7. The highest BCUT2D eigenvalue weighted by atomic mass is 19.1. The smallest absolute Gasteiger partial charge is 0.289 e. The second-order valence-electron chi connectivity index (χ2n) is 10.4. The molecule has 1 amide bonds. The number of phenolic OH excluding ortho intramolecular Hbond substituents is 2. The van der Waals surface area contributed by atoms with Crippen LogP contribution >= 0.6 is 0 Å². The average Bonchev–Trinajstić information content (AvgIpc) is 3.56. The lowest BCUT2D eigenvalue weighted by Gasteiger charge is -2.32. The zero-order valence-electron chi connectivity index (χ0n) is 21.4. The molecule has 1 aliphatic carbocycles. The highest BCUT2D eigenvalue weighted by molar-refractivity contribution is 5.92. The number of amides is 1. The number of aromatic hydroxyl groups is 2. The second-order valence-corrected chi connectivity index (χ2v) is 10.4. The number of carbonyl (C=O) groups is 1. The van der Waals surface area contributed by atoms with E-state index in [4.69, 9.17) is 0 Å². The van der Waals surface area contributed by atoms with Crippen LogP contribution < -0.4 is 5.32 Å². The van der Waals surface area contributed by atoms with E-state index >= 15 is 4.39 Å². The fourth-order valence-corrected chi connectivity index (χ4v) is 4.61. The average molecular weight is 509 g/mol. The van der Waals surface area contributed by atoms with Crippen LogP contribution in [-0.4, -0.2) is 80.0 Å². The highest BCUT2D eigenvalue weighted by Crippen LogP contribution is 2.38. The molecule has 2 fully saturated rings. The summed E-state index contributed by atoms with van der Waals surface area (Å²) >= 11 is 0. The molecule has 3 N–H and O–H groups in total. The number of carbonyl (C=O) groups excluding carboxylic acids is 1. The van der Waals surface area contributed by atoms with Crippen molar-refractivity contribution in [3.8, 4) is 28.6 Å². The van der Waals surface area contributed by atoms with Gasteiger partial charge in [-0.2, -0.15) is 0 Å². The quantitative estimate of drug-likeness (QED) is 0.450. The Morgan fingerprint density at radius 1 is 1.08 bits per heavy atom. The molecule has 2 aliphatic rings. The first kappa shape index (κ1) is 25.2. The van der Waals surface area contributed by atoms with Gasteiger partial charge in [0.1, 0.15) is 17.3 Å². The van der Waals surface area contributed by atoms with E-state index < -0.39 is 5.91 Å². The van der Waals surface area contributed by atoms with Crippen molar-refractivity contribution in [2.24, 2.45) is 0 Å². The van der Waals surface area contributed by atoms with Crippen LogP contribution in [0.15, 0.2) is 30.3 Å². The number of halogens is 1. The third kappa shape index (κ3) is 5.30. The van der Waals surface area contributed by atoms with Crippen LogP contribution in [0.25, 0.3) is 17.1 Å². The molecule has 5 rings (SSSR count). The van der Waals surface area contributed by atoms with Gasteiger partial charge in [0.2, 0.25) is 5.82 Å². The Bertz CT molecular complexity index is 1310. The molecule has 1 aliphatic heterocycles. The summed E-state index contributed by atoms with van der Waals surface area (Å²) in [6.45, 7) is 7.97. The van der Waals surface area contributed by atoms with E-state index in [9.17, 15) is 15.0 Å². The molecular weight excluding hydrogens is 475 g/mol. The summed E-state index contributed by atoms with van der Waals surface area (Å²) in [7, 11) is 2.08. The van der Waals surface area contributed by atoms with Crippen LogP contribution in [0.2, 0.25) is 0 Å². The number of nitrogens with one attached hydrogen (secondary N) is 1. The molecule has 0 unspecified atom stereocenters. The lowest BCUT2D eigenvalue weighted by atomic mass is 9.98. The maximum atomic E-state index is 15.4. The molecule has 9 nitrogen and oxygen atoms in total. The van der Waals surface area contributed by atoms with Gasteiger partial charge in [0, 0.05) is 50.4 Å². The van der Waals surface area contributed by atoms with Gasteiger partial charge in [0.05, 0.1) is 11.3 Å². The third-order valence-electron chi connectivity index (χ3n) is 7.07. The molecule has 0 atom stereocenters. The monoisotopic (exact) mass is 508 g/mol. The summed E-state index contributed by atoms with van der Waals surface area (Å²) in [6, 6.07) is 7.84. The molecule has 0 spiro atoms. The number of aromatic nitrogens is 3. The second kappa shape index (κ2) is 10.1. The summed E-state index contributed by atoms with van der Waals surface area (Å²) in [6.07, 6.45) is 1.80. The fraction of sp³-hybridized carbons (Fsp3) is 0.444. The molecule has 0 radical (unpaired) electrons. The Morgan fingerprint density at radius 2 is 1.81 bits per heavy atom. The van der Waals surface area contributed by atoms with Gasteiger partial charge in [-0.15, -0.1) is 10.2 Å². The number of phenols is 2. The Hall–Kier alpha value is -3.50. The van der Waals surface area contributed by atoms with Crippen LogP contribution in [0.5, 0.6) is 11.5 Å². The van der Waals surface area contributed by atoms with E-state index in [-0.39, 0.29) is 40.9 Å². The lowest BCUT2D eigenvalue weighted by Crippen LogP contribution is -2.44. The van der Waals surface area contributed by atoms with Gasteiger partial charge in [-0.1, -0.05) is 19.9 Å². The SMILES string of the molecule is CC(C)c1cc(-c2nnc(C(=O)NC3CC3)n2-c2ccc(CN3CCN(C)CC3)c(F)c2)c(O)cc1O.